The average molecular weight is 411 g/mol. The number of hydrogen-bond donors (Lipinski definition) is 1. The molecular formula is C20H21N5O3S. The summed E-state index contributed by atoms with van der Waals surface area (Å²) in [6.45, 7) is 6.50. The molecule has 0 bridgehead atoms. The van der Waals surface area contributed by atoms with Crippen molar-refractivity contribution >= 4 is 17.7 Å². The molecule has 0 radical (unpaired) electrons. The van der Waals surface area contributed by atoms with E-state index in [1.165, 1.54) is 11.8 Å². The van der Waals surface area contributed by atoms with Crippen LogP contribution in [0.1, 0.15) is 23.6 Å². The number of tetrazole rings is 1. The van der Waals surface area contributed by atoms with Crippen molar-refractivity contribution in [2.45, 2.75) is 37.7 Å². The Balaban J connectivity index is 1.41. The molecule has 0 saturated carbocycles. The van der Waals surface area contributed by atoms with Gasteiger partial charge in [-0.15, -0.1) is 5.10 Å². The van der Waals surface area contributed by atoms with Crippen molar-refractivity contribution in [2.24, 2.45) is 0 Å². The molecule has 1 atom stereocenters. The smallest absolute Gasteiger partial charge is 0.233 e. The maximum atomic E-state index is 12.6. The van der Waals surface area contributed by atoms with E-state index in [1.807, 2.05) is 57.2 Å². The van der Waals surface area contributed by atoms with Gasteiger partial charge in [0.25, 0.3) is 0 Å². The minimum absolute atomic E-state index is 0.0943. The van der Waals surface area contributed by atoms with Crippen molar-refractivity contribution in [3.05, 3.63) is 53.1 Å². The van der Waals surface area contributed by atoms with Gasteiger partial charge in [-0.3, -0.25) is 4.79 Å². The number of amides is 1. The number of aromatic nitrogens is 4. The summed E-state index contributed by atoms with van der Waals surface area (Å²) in [6.07, 6.45) is 0. The number of fused-ring (bicyclic) bond motifs is 1. The lowest BCUT2D eigenvalue weighted by atomic mass is 10.1. The van der Waals surface area contributed by atoms with Crippen LogP contribution in [-0.4, -0.2) is 38.2 Å². The molecule has 1 aliphatic rings. The van der Waals surface area contributed by atoms with E-state index in [9.17, 15) is 4.79 Å². The molecule has 150 valence electrons. The van der Waals surface area contributed by atoms with Crippen LogP contribution in [0.15, 0.2) is 41.6 Å². The molecular weight excluding hydrogens is 390 g/mol. The molecule has 8 nitrogen and oxygen atoms in total. The minimum atomic E-state index is -0.362. The molecule has 1 amide bonds. The highest BCUT2D eigenvalue weighted by atomic mass is 32.2. The highest BCUT2D eigenvalue weighted by Gasteiger charge is 2.20. The second-order valence-corrected chi connectivity index (χ2v) is 8.14. The van der Waals surface area contributed by atoms with Crippen molar-refractivity contribution in [3.63, 3.8) is 0 Å². The molecule has 0 fully saturated rings. The van der Waals surface area contributed by atoms with Gasteiger partial charge < -0.3 is 14.8 Å². The first kappa shape index (κ1) is 19.3. The van der Waals surface area contributed by atoms with Crippen molar-refractivity contribution in [1.29, 1.82) is 0 Å². The summed E-state index contributed by atoms with van der Waals surface area (Å²) < 4.78 is 12.4. The third-order valence-corrected chi connectivity index (χ3v) is 5.62. The van der Waals surface area contributed by atoms with Crippen LogP contribution in [0.5, 0.6) is 11.5 Å². The molecule has 0 saturated heterocycles. The standard InChI is InChI=1S/C20H21N5O3S/c1-12-4-5-13(2)16(8-12)25-20(22-23-24-25)29-14(3)19(26)21-10-15-6-7-17-18(9-15)28-11-27-17/h4-9,14H,10-11H2,1-3H3,(H,21,26)/t14-/m1/s1. The van der Waals surface area contributed by atoms with E-state index >= 15 is 0 Å². The fraction of sp³-hybridized carbons (Fsp3) is 0.300. The Hall–Kier alpha value is -3.07. The van der Waals surface area contributed by atoms with E-state index in [0.717, 1.165) is 28.1 Å². The Kier molecular flexibility index (Phi) is 5.39. The summed E-state index contributed by atoms with van der Waals surface area (Å²) >= 11 is 1.32. The van der Waals surface area contributed by atoms with Crippen molar-refractivity contribution in [1.82, 2.24) is 25.5 Å². The van der Waals surface area contributed by atoms with Crippen LogP contribution in [0, 0.1) is 13.8 Å². The van der Waals surface area contributed by atoms with Crippen LogP contribution in [0.25, 0.3) is 5.69 Å². The zero-order chi connectivity index (χ0) is 20.4. The topological polar surface area (TPSA) is 91.2 Å². The number of nitrogens with one attached hydrogen (secondary N) is 1. The number of thioether (sulfide) groups is 1. The van der Waals surface area contributed by atoms with Gasteiger partial charge in [0.15, 0.2) is 11.5 Å². The summed E-state index contributed by atoms with van der Waals surface area (Å²) in [4.78, 5) is 12.6. The van der Waals surface area contributed by atoms with Crippen molar-refractivity contribution in [2.75, 3.05) is 6.79 Å². The molecule has 0 aliphatic carbocycles. The Morgan fingerprint density at radius 2 is 2.03 bits per heavy atom. The molecule has 2 heterocycles. The maximum Gasteiger partial charge on any atom is 0.233 e. The predicted octanol–water partition coefficient (Wildman–Crippen LogP) is 2.80. The first-order valence-corrected chi connectivity index (χ1v) is 10.1. The van der Waals surface area contributed by atoms with Crippen LogP contribution in [-0.2, 0) is 11.3 Å². The number of ether oxygens (including phenoxy) is 2. The summed E-state index contributed by atoms with van der Waals surface area (Å²) in [7, 11) is 0. The fourth-order valence-electron chi connectivity index (χ4n) is 2.95. The highest BCUT2D eigenvalue weighted by Crippen LogP contribution is 2.32. The Labute approximate surface area is 172 Å². The van der Waals surface area contributed by atoms with Gasteiger partial charge in [-0.05, 0) is 66.1 Å². The largest absolute Gasteiger partial charge is 0.454 e. The lowest BCUT2D eigenvalue weighted by Gasteiger charge is -2.13. The molecule has 29 heavy (non-hydrogen) atoms. The molecule has 1 aliphatic heterocycles. The highest BCUT2D eigenvalue weighted by molar-refractivity contribution is 8.00. The molecule has 4 rings (SSSR count). The lowest BCUT2D eigenvalue weighted by Crippen LogP contribution is -2.30. The van der Waals surface area contributed by atoms with E-state index < -0.39 is 0 Å². The molecule has 0 spiro atoms. The lowest BCUT2D eigenvalue weighted by molar-refractivity contribution is -0.120. The molecule has 1 N–H and O–H groups in total. The number of benzene rings is 2. The molecule has 1 aromatic heterocycles. The molecule has 2 aromatic carbocycles. The monoisotopic (exact) mass is 411 g/mol. The number of rotatable bonds is 6. The van der Waals surface area contributed by atoms with Gasteiger partial charge in [0, 0.05) is 6.54 Å². The fourth-order valence-corrected chi connectivity index (χ4v) is 3.77. The average Bonchev–Trinajstić information content (AvgIpc) is 3.36. The van der Waals surface area contributed by atoms with Crippen LogP contribution >= 0.6 is 11.8 Å². The van der Waals surface area contributed by atoms with Gasteiger partial charge >= 0.3 is 0 Å². The van der Waals surface area contributed by atoms with Crippen LogP contribution in [0.2, 0.25) is 0 Å². The normalized spacial score (nSPS) is 13.3. The zero-order valence-corrected chi connectivity index (χ0v) is 17.2. The number of carbonyl (C=O) groups is 1. The Bertz CT molecular complexity index is 1050. The summed E-state index contributed by atoms with van der Waals surface area (Å²) in [5, 5.41) is 15.2. The third kappa shape index (κ3) is 4.19. The number of carbonyl (C=O) groups excluding carboxylic acids is 1. The van der Waals surface area contributed by atoms with Crippen LogP contribution in [0.3, 0.4) is 0 Å². The van der Waals surface area contributed by atoms with E-state index in [2.05, 4.69) is 20.8 Å². The van der Waals surface area contributed by atoms with E-state index in [0.29, 0.717) is 17.5 Å². The number of hydrogen-bond acceptors (Lipinski definition) is 7. The third-order valence-electron chi connectivity index (χ3n) is 4.59. The minimum Gasteiger partial charge on any atom is -0.454 e. The first-order chi connectivity index (χ1) is 14.0. The second kappa shape index (κ2) is 8.12. The van der Waals surface area contributed by atoms with Gasteiger partial charge in [0.05, 0.1) is 10.9 Å². The number of aryl methyl sites for hydroxylation is 2. The second-order valence-electron chi connectivity index (χ2n) is 6.83. The zero-order valence-electron chi connectivity index (χ0n) is 16.4. The number of nitrogens with zero attached hydrogens (tertiary/aromatic N) is 4. The first-order valence-electron chi connectivity index (χ1n) is 9.20. The molecule has 0 unspecified atom stereocenters. The summed E-state index contributed by atoms with van der Waals surface area (Å²) in [5.41, 5.74) is 4.03. The van der Waals surface area contributed by atoms with E-state index in [1.54, 1.807) is 4.68 Å². The maximum absolute atomic E-state index is 12.6. The molecule has 3 aromatic rings. The van der Waals surface area contributed by atoms with Crippen LogP contribution in [0.4, 0.5) is 0 Å². The van der Waals surface area contributed by atoms with Gasteiger partial charge in [0.2, 0.25) is 17.9 Å². The Morgan fingerprint density at radius 3 is 2.90 bits per heavy atom. The van der Waals surface area contributed by atoms with Gasteiger partial charge in [-0.25, -0.2) is 0 Å². The Morgan fingerprint density at radius 1 is 1.21 bits per heavy atom. The van der Waals surface area contributed by atoms with Crippen LogP contribution < -0.4 is 14.8 Å². The summed E-state index contributed by atoms with van der Waals surface area (Å²) in [5.74, 6) is 1.33. The summed E-state index contributed by atoms with van der Waals surface area (Å²) in [6, 6.07) is 11.7. The SMILES string of the molecule is Cc1ccc(C)c(-n2nnnc2S[C@H](C)C(=O)NCc2ccc3c(c2)OCO3)c1. The predicted molar refractivity (Wildman–Crippen MR) is 108 cm³/mol. The van der Waals surface area contributed by atoms with Gasteiger partial charge in [-0.2, -0.15) is 4.68 Å². The van der Waals surface area contributed by atoms with Crippen molar-refractivity contribution < 1.29 is 14.3 Å². The van der Waals surface area contributed by atoms with Crippen molar-refractivity contribution in [3.8, 4) is 17.2 Å². The van der Waals surface area contributed by atoms with Gasteiger partial charge in [-0.1, -0.05) is 30.0 Å². The van der Waals surface area contributed by atoms with E-state index in [4.69, 9.17) is 9.47 Å². The quantitative estimate of drug-likeness (QED) is 0.624. The van der Waals surface area contributed by atoms with Gasteiger partial charge in [0.1, 0.15) is 0 Å². The molecule has 9 heteroatoms. The van der Waals surface area contributed by atoms with E-state index in [-0.39, 0.29) is 18.0 Å².